The molecule has 5 heteroatoms. The molecule has 5 nitrogen and oxygen atoms in total. The number of carbonyl (C=O) groups excluding carboxylic acids is 1. The Morgan fingerprint density at radius 2 is 1.94 bits per heavy atom. The molecule has 0 unspecified atom stereocenters. The minimum atomic E-state index is -0.158. The van der Waals surface area contributed by atoms with Gasteiger partial charge in [0.1, 0.15) is 0 Å². The molecule has 1 N–H and O–H groups in total. The van der Waals surface area contributed by atoms with E-state index in [9.17, 15) is 10.1 Å². The van der Waals surface area contributed by atoms with Crippen molar-refractivity contribution in [2.24, 2.45) is 0 Å². The predicted octanol–water partition coefficient (Wildman–Crippen LogP) is 4.99. The van der Waals surface area contributed by atoms with E-state index in [0.717, 1.165) is 74.6 Å². The van der Waals surface area contributed by atoms with Gasteiger partial charge in [0.2, 0.25) is 0 Å². The molecule has 0 spiro atoms. The second-order valence-electron chi connectivity index (χ2n) is 9.54. The molecule has 1 saturated carbocycles. The maximum Gasteiger partial charge on any atom is 0.252 e. The zero-order valence-electron chi connectivity index (χ0n) is 19.0. The van der Waals surface area contributed by atoms with Gasteiger partial charge >= 0.3 is 0 Å². The quantitative estimate of drug-likeness (QED) is 0.609. The van der Waals surface area contributed by atoms with E-state index < -0.39 is 0 Å². The number of para-hydroxylation sites is 1. The number of amides is 1. The number of carbonyl (C=O) groups is 1. The summed E-state index contributed by atoms with van der Waals surface area (Å²) in [7, 11) is 0. The number of benzene rings is 2. The molecule has 1 aliphatic carbocycles. The average Bonchev–Trinajstić information content (AvgIpc) is 2.87. The lowest BCUT2D eigenvalue weighted by Crippen LogP contribution is -2.51. The third-order valence-electron chi connectivity index (χ3n) is 7.42. The summed E-state index contributed by atoms with van der Waals surface area (Å²) in [6.45, 7) is 2.86. The highest BCUT2D eigenvalue weighted by Gasteiger charge is 2.34. The lowest BCUT2D eigenvalue weighted by atomic mass is 9.78. The number of nitrogens with one attached hydrogen (secondary N) is 1. The fourth-order valence-corrected chi connectivity index (χ4v) is 5.52. The van der Waals surface area contributed by atoms with Gasteiger partial charge in [-0.05, 0) is 61.1 Å². The van der Waals surface area contributed by atoms with Crippen molar-refractivity contribution >= 4 is 16.8 Å². The van der Waals surface area contributed by atoms with Gasteiger partial charge < -0.3 is 5.32 Å². The van der Waals surface area contributed by atoms with E-state index in [2.05, 4.69) is 27.3 Å². The van der Waals surface area contributed by atoms with Crippen LogP contribution in [0.5, 0.6) is 0 Å². The van der Waals surface area contributed by atoms with E-state index in [1.807, 2.05) is 42.5 Å². The van der Waals surface area contributed by atoms with E-state index in [4.69, 9.17) is 0 Å². The SMILES string of the molecule is N#Cc1ccc2c(c1)CN(CCC1(NC(=O)c3ccnc4ccccc34)CCCCC1)CC2. The monoisotopic (exact) mass is 438 g/mol. The van der Waals surface area contributed by atoms with Crippen LogP contribution in [0.4, 0.5) is 0 Å². The van der Waals surface area contributed by atoms with Crippen molar-refractivity contribution in [1.29, 1.82) is 5.26 Å². The molecule has 1 amide bonds. The van der Waals surface area contributed by atoms with Crippen molar-refractivity contribution in [2.75, 3.05) is 13.1 Å². The van der Waals surface area contributed by atoms with Crippen LogP contribution in [0.2, 0.25) is 0 Å². The van der Waals surface area contributed by atoms with Crippen LogP contribution in [0.3, 0.4) is 0 Å². The molecule has 0 saturated heterocycles. The highest BCUT2D eigenvalue weighted by molar-refractivity contribution is 6.06. The van der Waals surface area contributed by atoms with Gasteiger partial charge in [-0.1, -0.05) is 43.5 Å². The first-order valence-corrected chi connectivity index (χ1v) is 12.1. The molecule has 2 aliphatic rings. The summed E-state index contributed by atoms with van der Waals surface area (Å²) in [6, 6.07) is 18.0. The van der Waals surface area contributed by atoms with Gasteiger partial charge in [0.05, 0.1) is 22.7 Å². The number of nitrogens with zero attached hydrogens (tertiary/aromatic N) is 3. The van der Waals surface area contributed by atoms with E-state index in [-0.39, 0.29) is 11.4 Å². The van der Waals surface area contributed by atoms with Crippen LogP contribution in [0.25, 0.3) is 10.9 Å². The minimum absolute atomic E-state index is 0.0122. The maximum absolute atomic E-state index is 13.4. The molecule has 0 bridgehead atoms. The predicted molar refractivity (Wildman–Crippen MR) is 130 cm³/mol. The van der Waals surface area contributed by atoms with Gasteiger partial charge in [0.15, 0.2) is 0 Å². The van der Waals surface area contributed by atoms with Gasteiger partial charge in [0, 0.05) is 36.8 Å². The van der Waals surface area contributed by atoms with E-state index in [1.165, 1.54) is 17.5 Å². The molecule has 3 aromatic rings. The molecule has 168 valence electrons. The van der Waals surface area contributed by atoms with E-state index >= 15 is 0 Å². The Bertz CT molecular complexity index is 1200. The Morgan fingerprint density at radius 1 is 1.09 bits per heavy atom. The molecule has 2 aromatic carbocycles. The fraction of sp³-hybridized carbons (Fsp3) is 0.393. The highest BCUT2D eigenvalue weighted by Crippen LogP contribution is 2.33. The Kier molecular flexibility index (Phi) is 6.11. The zero-order valence-corrected chi connectivity index (χ0v) is 19.0. The number of nitriles is 1. The van der Waals surface area contributed by atoms with Crippen LogP contribution >= 0.6 is 0 Å². The van der Waals surface area contributed by atoms with Crippen LogP contribution < -0.4 is 5.32 Å². The average molecular weight is 439 g/mol. The van der Waals surface area contributed by atoms with Gasteiger partial charge in [-0.25, -0.2) is 0 Å². The second-order valence-corrected chi connectivity index (χ2v) is 9.54. The number of hydrogen-bond acceptors (Lipinski definition) is 4. The number of hydrogen-bond donors (Lipinski definition) is 1. The normalized spacial score (nSPS) is 17.8. The molecule has 0 atom stereocenters. The van der Waals surface area contributed by atoms with Crippen LogP contribution in [0.15, 0.2) is 54.7 Å². The van der Waals surface area contributed by atoms with Gasteiger partial charge in [0.25, 0.3) is 5.91 Å². The zero-order chi connectivity index (χ0) is 22.7. The lowest BCUT2D eigenvalue weighted by molar-refractivity contribution is 0.0842. The van der Waals surface area contributed by atoms with Gasteiger partial charge in [-0.3, -0.25) is 14.7 Å². The number of pyridine rings is 1. The number of fused-ring (bicyclic) bond motifs is 2. The summed E-state index contributed by atoms with van der Waals surface area (Å²) in [5, 5.41) is 13.6. The molecular formula is C28H30N4O. The molecule has 33 heavy (non-hydrogen) atoms. The Hall–Kier alpha value is -3.23. The summed E-state index contributed by atoms with van der Waals surface area (Å²) in [6.07, 6.45) is 9.32. The first-order chi connectivity index (χ1) is 16.2. The van der Waals surface area contributed by atoms with Crippen LogP contribution in [-0.4, -0.2) is 34.4 Å². The summed E-state index contributed by atoms with van der Waals surface area (Å²) in [4.78, 5) is 20.3. The standard InChI is InChI=1S/C28H30N4O/c29-19-21-8-9-22-11-16-32(20-23(22)18-21)17-14-28(12-4-1-5-13-28)31-27(33)25-10-15-30-26-7-3-2-6-24(25)26/h2-3,6-10,15,18H,1,4-5,11-14,16-17,20H2,(H,31,33). The lowest BCUT2D eigenvalue weighted by Gasteiger charge is -2.40. The van der Waals surface area contributed by atoms with Crippen LogP contribution in [-0.2, 0) is 13.0 Å². The molecule has 2 heterocycles. The Balaban J connectivity index is 1.31. The third-order valence-corrected chi connectivity index (χ3v) is 7.42. The topological polar surface area (TPSA) is 69.0 Å². The largest absolute Gasteiger partial charge is 0.347 e. The Morgan fingerprint density at radius 3 is 2.79 bits per heavy atom. The van der Waals surface area contributed by atoms with E-state index in [1.54, 1.807) is 6.20 Å². The number of aromatic nitrogens is 1. The summed E-state index contributed by atoms with van der Waals surface area (Å²) in [5.74, 6) is 0.0122. The van der Waals surface area contributed by atoms with Gasteiger partial charge in [-0.2, -0.15) is 5.26 Å². The Labute approximate surface area is 195 Å². The maximum atomic E-state index is 13.4. The molecule has 5 rings (SSSR count). The highest BCUT2D eigenvalue weighted by atomic mass is 16.1. The molecular weight excluding hydrogens is 408 g/mol. The fourth-order valence-electron chi connectivity index (χ4n) is 5.52. The summed E-state index contributed by atoms with van der Waals surface area (Å²) in [5.41, 5.74) is 4.76. The first-order valence-electron chi connectivity index (χ1n) is 12.1. The smallest absolute Gasteiger partial charge is 0.252 e. The van der Waals surface area contributed by atoms with Crippen molar-refractivity contribution in [1.82, 2.24) is 15.2 Å². The van der Waals surface area contributed by atoms with Crippen LogP contribution in [0.1, 0.15) is 65.6 Å². The molecule has 1 aromatic heterocycles. The first kappa shape index (κ1) is 21.6. The van der Waals surface area contributed by atoms with Gasteiger partial charge in [-0.15, -0.1) is 0 Å². The number of rotatable bonds is 5. The third kappa shape index (κ3) is 4.62. The second kappa shape index (κ2) is 9.33. The van der Waals surface area contributed by atoms with Crippen molar-refractivity contribution in [2.45, 2.75) is 57.0 Å². The van der Waals surface area contributed by atoms with Crippen molar-refractivity contribution in [3.8, 4) is 6.07 Å². The van der Waals surface area contributed by atoms with Crippen LogP contribution in [0, 0.1) is 11.3 Å². The molecule has 1 aliphatic heterocycles. The molecule has 1 fully saturated rings. The van der Waals surface area contributed by atoms with E-state index in [0.29, 0.717) is 5.56 Å². The minimum Gasteiger partial charge on any atom is -0.347 e. The van der Waals surface area contributed by atoms with Crippen molar-refractivity contribution in [3.05, 3.63) is 77.0 Å². The summed E-state index contributed by atoms with van der Waals surface area (Å²) >= 11 is 0. The molecule has 0 radical (unpaired) electrons. The van der Waals surface area contributed by atoms with Crippen molar-refractivity contribution < 1.29 is 4.79 Å². The van der Waals surface area contributed by atoms with Crippen molar-refractivity contribution in [3.63, 3.8) is 0 Å². The summed E-state index contributed by atoms with van der Waals surface area (Å²) < 4.78 is 0.